The molecule has 0 radical (unpaired) electrons. The van der Waals surface area contributed by atoms with E-state index in [1.165, 1.54) is 0 Å². The number of hydrogen-bond acceptors (Lipinski definition) is 8. The average Bonchev–Trinajstić information content (AvgIpc) is 2.49. The predicted octanol–water partition coefficient (Wildman–Crippen LogP) is -1.08. The van der Waals surface area contributed by atoms with Gasteiger partial charge in [-0.1, -0.05) is 26.2 Å². The lowest BCUT2D eigenvalue weighted by atomic mass is 9.88. The van der Waals surface area contributed by atoms with E-state index in [2.05, 4.69) is 9.47 Å². The largest absolute Gasteiger partial charge is 0.480 e. The third-order valence-corrected chi connectivity index (χ3v) is 6.53. The maximum Gasteiger partial charge on any atom is 0.355 e. The van der Waals surface area contributed by atoms with Crippen molar-refractivity contribution in [3.8, 4) is 0 Å². The maximum absolute atomic E-state index is 12.2. The van der Waals surface area contributed by atoms with E-state index in [0.29, 0.717) is 12.1 Å². The van der Waals surface area contributed by atoms with E-state index in [9.17, 15) is 39.6 Å². The zero-order valence-corrected chi connectivity index (χ0v) is 18.2. The van der Waals surface area contributed by atoms with Gasteiger partial charge in [0.15, 0.2) is 0 Å². The molecule has 0 bridgehead atoms. The summed E-state index contributed by atoms with van der Waals surface area (Å²) in [5, 5.41) is 38.0. The quantitative estimate of drug-likeness (QED) is 0.172. The highest BCUT2D eigenvalue weighted by atomic mass is 28.3. The summed E-state index contributed by atoms with van der Waals surface area (Å²) in [7, 11) is -2.44. The van der Waals surface area contributed by atoms with E-state index in [4.69, 9.17) is 0 Å². The molecule has 0 aliphatic carbocycles. The molecule has 0 aromatic rings. The molecule has 4 N–H and O–H groups in total. The van der Waals surface area contributed by atoms with E-state index in [1.54, 1.807) is 0 Å². The first-order valence-corrected chi connectivity index (χ1v) is 14.8. The van der Waals surface area contributed by atoms with Gasteiger partial charge < -0.3 is 29.9 Å². The highest BCUT2D eigenvalue weighted by Gasteiger charge is 2.64. The Labute approximate surface area is 160 Å². The lowest BCUT2D eigenvalue weighted by Gasteiger charge is -2.23. The Morgan fingerprint density at radius 3 is 1.30 bits per heavy atom. The summed E-state index contributed by atoms with van der Waals surface area (Å²) in [5.41, 5.74) is -3.62. The summed E-state index contributed by atoms with van der Waals surface area (Å²) >= 11 is 0. The van der Waals surface area contributed by atoms with E-state index in [0.717, 1.165) is 0 Å². The molecule has 0 spiro atoms. The molecule has 0 aromatic heterocycles. The minimum Gasteiger partial charge on any atom is -0.480 e. The van der Waals surface area contributed by atoms with Gasteiger partial charge in [-0.3, -0.25) is 0 Å². The van der Waals surface area contributed by atoms with Crippen molar-refractivity contribution < 1.29 is 49.1 Å². The van der Waals surface area contributed by atoms with Crippen LogP contribution in [0.1, 0.15) is 0 Å². The van der Waals surface area contributed by atoms with Gasteiger partial charge in [-0.05, 0) is 12.1 Å². The Hall–Kier alpha value is -1.77. The van der Waals surface area contributed by atoms with Gasteiger partial charge in [-0.25, -0.2) is 19.2 Å². The molecule has 0 aliphatic rings. The second kappa shape index (κ2) is 11.2. The maximum atomic E-state index is 12.2. The van der Waals surface area contributed by atoms with Crippen LogP contribution >= 0.6 is 0 Å². The van der Waals surface area contributed by atoms with Crippen LogP contribution in [0.25, 0.3) is 0 Å². The molecule has 0 fully saturated rings. The van der Waals surface area contributed by atoms with Gasteiger partial charge in [0.05, 0.1) is 12.2 Å². The number of ether oxygens (including phenoxy) is 2. The summed E-state index contributed by atoms with van der Waals surface area (Å²) in [5.74, 6) is -8.26. The first kappa shape index (κ1) is 25.2. The predicted molar refractivity (Wildman–Crippen MR) is 99.0 cm³/mol. The van der Waals surface area contributed by atoms with Gasteiger partial charge in [0.25, 0.3) is 0 Å². The van der Waals surface area contributed by atoms with Crippen molar-refractivity contribution in [3.05, 3.63) is 0 Å². The van der Waals surface area contributed by atoms with Crippen molar-refractivity contribution in [1.82, 2.24) is 0 Å². The van der Waals surface area contributed by atoms with Crippen LogP contribution < -0.4 is 0 Å². The molecule has 0 saturated carbocycles. The number of carboxylic acid groups (broad SMARTS) is 2. The van der Waals surface area contributed by atoms with Crippen LogP contribution in [0.15, 0.2) is 0 Å². The minimum absolute atomic E-state index is 0.357. The first-order chi connectivity index (χ1) is 12.3. The first-order valence-electron chi connectivity index (χ1n) is 8.52. The third-order valence-electron chi connectivity index (χ3n) is 3.55. The van der Waals surface area contributed by atoms with Crippen LogP contribution in [0.3, 0.4) is 0 Å². The van der Waals surface area contributed by atoms with E-state index >= 15 is 0 Å². The normalized spacial score (nSPS) is 13.9. The molecule has 0 aliphatic heterocycles. The lowest BCUT2D eigenvalue weighted by molar-refractivity contribution is -0.190. The van der Waals surface area contributed by atoms with Crippen molar-refractivity contribution in [2.45, 2.75) is 50.5 Å². The standard InChI is InChI=1S/C15H28O10Si2/c1-26(2)7-9(16)5-24-13(22)15(11(18)19,12(20)21)14(23)25-6-10(17)8-27(3)4/h9-10,16-17,26-27H,5-8H2,1-4H3,(H,18,19)(H,20,21). The Morgan fingerprint density at radius 1 is 0.778 bits per heavy atom. The van der Waals surface area contributed by atoms with Gasteiger partial charge in [0.1, 0.15) is 13.2 Å². The van der Waals surface area contributed by atoms with Crippen molar-refractivity contribution in [2.24, 2.45) is 5.41 Å². The molecular formula is C15H28O10Si2. The van der Waals surface area contributed by atoms with Crippen molar-refractivity contribution in [1.29, 1.82) is 0 Å². The van der Waals surface area contributed by atoms with E-state index in [1.807, 2.05) is 26.2 Å². The third kappa shape index (κ3) is 7.40. The Morgan fingerprint density at radius 2 is 1.07 bits per heavy atom. The van der Waals surface area contributed by atoms with Gasteiger partial charge in [-0.2, -0.15) is 0 Å². The summed E-state index contributed by atoms with van der Waals surface area (Å²) in [6, 6.07) is 0.715. The summed E-state index contributed by atoms with van der Waals surface area (Å²) < 4.78 is 9.20. The molecule has 2 unspecified atom stereocenters. The SMILES string of the molecule is C[SiH](C)CC(O)COC(=O)C(C(=O)O)(C(=O)O)C(=O)OCC(O)C[SiH](C)C. The topological polar surface area (TPSA) is 168 Å². The zero-order valence-electron chi connectivity index (χ0n) is 15.9. The lowest BCUT2D eigenvalue weighted by Crippen LogP contribution is -2.55. The smallest absolute Gasteiger partial charge is 0.355 e. The monoisotopic (exact) mass is 424 g/mol. The number of carboxylic acids is 2. The highest BCUT2D eigenvalue weighted by molar-refractivity contribution is 6.56. The molecular weight excluding hydrogens is 396 g/mol. The van der Waals surface area contributed by atoms with Crippen molar-refractivity contribution in [3.63, 3.8) is 0 Å². The summed E-state index contributed by atoms with van der Waals surface area (Å²) in [6.45, 7) is 6.42. The molecule has 0 aromatic carbocycles. The fraction of sp³-hybridized carbons (Fsp3) is 0.733. The molecule has 10 nitrogen and oxygen atoms in total. The van der Waals surface area contributed by atoms with Gasteiger partial charge in [0, 0.05) is 17.6 Å². The number of esters is 2. The van der Waals surface area contributed by atoms with Crippen LogP contribution in [0.2, 0.25) is 38.3 Å². The molecule has 0 rings (SSSR count). The van der Waals surface area contributed by atoms with Gasteiger partial charge >= 0.3 is 29.3 Å². The van der Waals surface area contributed by atoms with Crippen molar-refractivity contribution in [2.75, 3.05) is 13.2 Å². The number of aliphatic hydroxyl groups is 2. The fourth-order valence-corrected chi connectivity index (χ4v) is 4.76. The van der Waals surface area contributed by atoms with Crippen LogP contribution in [0.4, 0.5) is 0 Å². The van der Waals surface area contributed by atoms with Crippen LogP contribution in [0, 0.1) is 5.41 Å². The van der Waals surface area contributed by atoms with Crippen LogP contribution in [-0.4, -0.2) is 87.3 Å². The molecule has 27 heavy (non-hydrogen) atoms. The molecule has 12 heteroatoms. The van der Waals surface area contributed by atoms with E-state index < -0.39 is 72.3 Å². The number of hydrogen-bond donors (Lipinski definition) is 4. The summed E-state index contributed by atoms with van der Waals surface area (Å²) in [6.07, 6.45) is -2.18. The second-order valence-electron chi connectivity index (χ2n) is 7.12. The minimum atomic E-state index is -3.62. The number of aliphatic carboxylic acids is 2. The molecule has 2 atom stereocenters. The van der Waals surface area contributed by atoms with Crippen LogP contribution in [-0.2, 0) is 28.7 Å². The van der Waals surface area contributed by atoms with E-state index in [-0.39, 0.29) is 0 Å². The van der Waals surface area contributed by atoms with Gasteiger partial charge in [0.2, 0.25) is 0 Å². The van der Waals surface area contributed by atoms with Gasteiger partial charge in [-0.15, -0.1) is 0 Å². The Bertz CT molecular complexity index is 501. The average molecular weight is 425 g/mol. The highest BCUT2D eigenvalue weighted by Crippen LogP contribution is 2.24. The van der Waals surface area contributed by atoms with Crippen LogP contribution in [0.5, 0.6) is 0 Å². The number of rotatable bonds is 12. The number of carbonyl (C=O) groups excluding carboxylic acids is 2. The molecule has 156 valence electrons. The number of carbonyl (C=O) groups is 4. The fourth-order valence-electron chi connectivity index (χ4n) is 2.31. The Balaban J connectivity index is 5.31. The zero-order chi connectivity index (χ0) is 21.4. The van der Waals surface area contributed by atoms with Crippen molar-refractivity contribution >= 4 is 41.5 Å². The molecule has 0 amide bonds. The Kier molecular flexibility index (Phi) is 10.4. The second-order valence-corrected chi connectivity index (χ2v) is 13.6. The summed E-state index contributed by atoms with van der Waals surface area (Å²) in [4.78, 5) is 47.3. The molecule has 0 heterocycles. The number of aliphatic hydroxyl groups excluding tert-OH is 2. The molecule has 0 saturated heterocycles.